The zero-order valence-electron chi connectivity index (χ0n) is 9.49. The largest absolute Gasteiger partial charge is 0.388 e. The van der Waals surface area contributed by atoms with Gasteiger partial charge in [-0.05, 0) is 67.2 Å². The number of benzene rings is 1. The third-order valence-corrected chi connectivity index (χ3v) is 4.28. The maximum atomic E-state index is 13.0. The van der Waals surface area contributed by atoms with E-state index < -0.39 is 6.10 Å². The molecule has 3 unspecified atom stereocenters. The van der Waals surface area contributed by atoms with E-state index in [4.69, 9.17) is 0 Å². The van der Waals surface area contributed by atoms with Gasteiger partial charge in [-0.2, -0.15) is 0 Å². The second kappa shape index (κ2) is 3.56. The number of hydrogen-bond acceptors (Lipinski definition) is 1. The van der Waals surface area contributed by atoms with Crippen LogP contribution in [0.1, 0.15) is 36.5 Å². The van der Waals surface area contributed by atoms with Gasteiger partial charge in [0.1, 0.15) is 5.82 Å². The van der Waals surface area contributed by atoms with Crippen molar-refractivity contribution < 1.29 is 9.50 Å². The molecule has 0 saturated heterocycles. The fraction of sp³-hybridized carbons (Fsp3) is 0.571. The fourth-order valence-electron chi connectivity index (χ4n) is 3.24. The fourth-order valence-corrected chi connectivity index (χ4v) is 3.24. The van der Waals surface area contributed by atoms with Crippen molar-refractivity contribution in [1.82, 2.24) is 0 Å². The van der Waals surface area contributed by atoms with Crippen LogP contribution < -0.4 is 0 Å². The third-order valence-electron chi connectivity index (χ3n) is 4.28. The highest BCUT2D eigenvalue weighted by atomic mass is 19.1. The van der Waals surface area contributed by atoms with Crippen molar-refractivity contribution in [3.8, 4) is 0 Å². The van der Waals surface area contributed by atoms with Crippen LogP contribution in [0.2, 0.25) is 0 Å². The van der Waals surface area contributed by atoms with E-state index in [9.17, 15) is 9.50 Å². The molecule has 0 bridgehead atoms. The van der Waals surface area contributed by atoms with Gasteiger partial charge in [0.25, 0.3) is 0 Å². The van der Waals surface area contributed by atoms with Crippen LogP contribution in [0.5, 0.6) is 0 Å². The van der Waals surface area contributed by atoms with Crippen molar-refractivity contribution in [3.05, 3.63) is 35.1 Å². The minimum absolute atomic E-state index is 0.220. The van der Waals surface area contributed by atoms with Crippen LogP contribution in [-0.2, 0) is 0 Å². The van der Waals surface area contributed by atoms with Crippen LogP contribution in [0.25, 0.3) is 0 Å². The van der Waals surface area contributed by atoms with Gasteiger partial charge in [0, 0.05) is 0 Å². The van der Waals surface area contributed by atoms with E-state index in [1.54, 1.807) is 6.07 Å². The lowest BCUT2D eigenvalue weighted by molar-refractivity contribution is 0.104. The number of fused-ring (bicyclic) bond motifs is 1. The van der Waals surface area contributed by atoms with E-state index in [0.717, 1.165) is 35.8 Å². The molecular formula is C14H17FO. The zero-order valence-corrected chi connectivity index (χ0v) is 9.49. The minimum atomic E-state index is -0.395. The van der Waals surface area contributed by atoms with Gasteiger partial charge >= 0.3 is 0 Å². The van der Waals surface area contributed by atoms with Gasteiger partial charge < -0.3 is 5.11 Å². The first-order chi connectivity index (χ1) is 7.65. The number of aliphatic hydroxyl groups is 1. The Bertz CT molecular complexity index is 405. The Morgan fingerprint density at radius 3 is 2.56 bits per heavy atom. The molecule has 16 heavy (non-hydrogen) atoms. The van der Waals surface area contributed by atoms with Gasteiger partial charge in [-0.25, -0.2) is 4.39 Å². The Balaban J connectivity index is 1.80. The Hall–Kier alpha value is -0.890. The number of halogens is 1. The molecule has 2 aliphatic rings. The van der Waals surface area contributed by atoms with Crippen LogP contribution in [0, 0.1) is 30.5 Å². The van der Waals surface area contributed by atoms with Gasteiger partial charge in [-0.1, -0.05) is 6.07 Å². The number of aliphatic hydroxyl groups excluding tert-OH is 1. The van der Waals surface area contributed by atoms with Crippen LogP contribution in [0.15, 0.2) is 18.2 Å². The monoisotopic (exact) mass is 220 g/mol. The van der Waals surface area contributed by atoms with Crippen LogP contribution in [-0.4, -0.2) is 5.11 Å². The van der Waals surface area contributed by atoms with E-state index in [-0.39, 0.29) is 5.82 Å². The van der Waals surface area contributed by atoms with Crippen molar-refractivity contribution in [2.24, 2.45) is 17.8 Å². The Morgan fingerprint density at radius 2 is 1.94 bits per heavy atom. The highest BCUT2D eigenvalue weighted by molar-refractivity contribution is 5.29. The number of rotatable bonds is 2. The lowest BCUT2D eigenvalue weighted by atomic mass is 9.89. The molecule has 2 aliphatic carbocycles. The maximum absolute atomic E-state index is 13.0. The molecule has 2 fully saturated rings. The van der Waals surface area contributed by atoms with Crippen molar-refractivity contribution in [2.45, 2.75) is 32.3 Å². The smallest absolute Gasteiger partial charge is 0.123 e. The molecule has 0 heterocycles. The molecule has 1 nitrogen and oxygen atoms in total. The second-order valence-electron chi connectivity index (χ2n) is 5.43. The molecule has 0 aliphatic heterocycles. The van der Waals surface area contributed by atoms with Gasteiger partial charge in [-0.3, -0.25) is 0 Å². The van der Waals surface area contributed by atoms with E-state index >= 15 is 0 Å². The summed E-state index contributed by atoms with van der Waals surface area (Å²) in [6.45, 7) is 1.87. The third kappa shape index (κ3) is 1.65. The van der Waals surface area contributed by atoms with Crippen LogP contribution in [0.4, 0.5) is 4.39 Å². The molecule has 1 aromatic carbocycles. The molecule has 0 amide bonds. The highest BCUT2D eigenvalue weighted by Gasteiger charge is 2.47. The van der Waals surface area contributed by atoms with Gasteiger partial charge in [0.15, 0.2) is 0 Å². The second-order valence-corrected chi connectivity index (χ2v) is 5.43. The average Bonchev–Trinajstić information content (AvgIpc) is 2.85. The lowest BCUT2D eigenvalue weighted by Gasteiger charge is -2.21. The molecule has 0 radical (unpaired) electrons. The summed E-state index contributed by atoms with van der Waals surface area (Å²) in [7, 11) is 0. The summed E-state index contributed by atoms with van der Waals surface area (Å²) in [4.78, 5) is 0. The summed E-state index contributed by atoms with van der Waals surface area (Å²) in [5, 5.41) is 10.3. The summed E-state index contributed by atoms with van der Waals surface area (Å²) >= 11 is 0. The Kier molecular flexibility index (Phi) is 2.28. The molecule has 0 aromatic heterocycles. The molecular weight excluding hydrogens is 203 g/mol. The Labute approximate surface area is 95.3 Å². The molecule has 1 aromatic rings. The quantitative estimate of drug-likeness (QED) is 0.811. The van der Waals surface area contributed by atoms with Crippen molar-refractivity contribution >= 4 is 0 Å². The van der Waals surface area contributed by atoms with Gasteiger partial charge in [0.05, 0.1) is 6.10 Å². The lowest BCUT2D eigenvalue weighted by Crippen LogP contribution is -2.12. The molecule has 2 saturated carbocycles. The van der Waals surface area contributed by atoms with Crippen molar-refractivity contribution in [3.63, 3.8) is 0 Å². The molecule has 0 spiro atoms. The van der Waals surface area contributed by atoms with Crippen LogP contribution >= 0.6 is 0 Å². The highest BCUT2D eigenvalue weighted by Crippen LogP contribution is 2.57. The summed E-state index contributed by atoms with van der Waals surface area (Å²) in [5.41, 5.74) is 1.78. The molecule has 3 atom stereocenters. The number of hydrogen-bond donors (Lipinski definition) is 1. The molecule has 2 heteroatoms. The Morgan fingerprint density at radius 1 is 1.25 bits per heavy atom. The molecule has 86 valence electrons. The van der Waals surface area contributed by atoms with E-state index in [1.807, 2.05) is 6.92 Å². The first kappa shape index (κ1) is 10.3. The standard InChI is InChI=1S/C14H17FO/c1-8-4-12(15)2-3-13(8)14(16)11-6-9-5-10(9)7-11/h2-4,9-11,14,16H,5-7H2,1H3. The van der Waals surface area contributed by atoms with E-state index in [2.05, 4.69) is 0 Å². The molecule has 3 rings (SSSR count). The zero-order chi connectivity index (χ0) is 11.3. The summed E-state index contributed by atoms with van der Waals surface area (Å²) in [6.07, 6.45) is 3.28. The van der Waals surface area contributed by atoms with Gasteiger partial charge in [-0.15, -0.1) is 0 Å². The first-order valence-corrected chi connectivity index (χ1v) is 6.09. The topological polar surface area (TPSA) is 20.2 Å². The first-order valence-electron chi connectivity index (χ1n) is 6.09. The minimum Gasteiger partial charge on any atom is -0.388 e. The van der Waals surface area contributed by atoms with E-state index in [1.165, 1.54) is 18.6 Å². The maximum Gasteiger partial charge on any atom is 0.123 e. The summed E-state index contributed by atoms with van der Waals surface area (Å²) in [6, 6.07) is 4.69. The summed E-state index contributed by atoms with van der Waals surface area (Å²) in [5.74, 6) is 1.93. The predicted octanol–water partition coefficient (Wildman–Crippen LogP) is 3.21. The van der Waals surface area contributed by atoms with E-state index in [0.29, 0.717) is 5.92 Å². The SMILES string of the molecule is Cc1cc(F)ccc1C(O)C1CC2CC2C1. The van der Waals surface area contributed by atoms with Gasteiger partial charge in [0.2, 0.25) is 0 Å². The van der Waals surface area contributed by atoms with Crippen molar-refractivity contribution in [1.29, 1.82) is 0 Å². The predicted molar refractivity (Wildman–Crippen MR) is 60.4 cm³/mol. The summed E-state index contributed by atoms with van der Waals surface area (Å²) < 4.78 is 13.0. The molecule has 1 N–H and O–H groups in total. The number of aryl methyl sites for hydroxylation is 1. The average molecular weight is 220 g/mol. The normalized spacial score (nSPS) is 33.6. The van der Waals surface area contributed by atoms with Crippen molar-refractivity contribution in [2.75, 3.05) is 0 Å². The van der Waals surface area contributed by atoms with Crippen LogP contribution in [0.3, 0.4) is 0 Å².